The molecule has 0 spiro atoms. The third-order valence-electron chi connectivity index (χ3n) is 4.25. The summed E-state index contributed by atoms with van der Waals surface area (Å²) < 4.78 is 0. The Morgan fingerprint density at radius 2 is 2.10 bits per heavy atom. The minimum Gasteiger partial charge on any atom is -0.294 e. The molecule has 1 fully saturated rings. The van der Waals surface area contributed by atoms with Gasteiger partial charge >= 0.3 is 0 Å². The van der Waals surface area contributed by atoms with E-state index in [-0.39, 0.29) is 11.5 Å². The van der Waals surface area contributed by atoms with Crippen LogP contribution in [-0.4, -0.2) is 15.7 Å². The molecule has 1 saturated carbocycles. The highest BCUT2D eigenvalue weighted by Crippen LogP contribution is 2.41. The fourth-order valence-electron chi connectivity index (χ4n) is 3.34. The van der Waals surface area contributed by atoms with E-state index in [1.165, 1.54) is 13.0 Å². The first kappa shape index (κ1) is 13.7. The third kappa shape index (κ3) is 2.28. The maximum Gasteiger partial charge on any atom is 0.296 e. The molecule has 21 heavy (non-hydrogen) atoms. The van der Waals surface area contributed by atoms with Crippen LogP contribution in [0.2, 0.25) is 0 Å². The van der Waals surface area contributed by atoms with E-state index in [4.69, 9.17) is 0 Å². The smallest absolute Gasteiger partial charge is 0.294 e. The number of nitro benzene ring substituents is 1. The highest BCUT2D eigenvalue weighted by molar-refractivity contribution is 6.04. The monoisotopic (exact) mass is 284 g/mol. The Balaban J connectivity index is 2.37. The zero-order chi connectivity index (χ0) is 15.0. The maximum atomic E-state index is 12.0. The summed E-state index contributed by atoms with van der Waals surface area (Å²) in [5.41, 5.74) is 1.73. The third-order valence-corrected chi connectivity index (χ3v) is 4.25. The van der Waals surface area contributed by atoms with Crippen molar-refractivity contribution in [1.82, 2.24) is 4.98 Å². The van der Waals surface area contributed by atoms with Crippen LogP contribution < -0.4 is 0 Å². The Kier molecular flexibility index (Phi) is 3.41. The molecule has 2 aromatic rings. The lowest BCUT2D eigenvalue weighted by atomic mass is 9.87. The molecule has 1 aromatic heterocycles. The largest absolute Gasteiger partial charge is 0.296 e. The quantitative estimate of drug-likeness (QED) is 0.485. The number of benzene rings is 1. The Hall–Kier alpha value is -2.30. The van der Waals surface area contributed by atoms with Crippen molar-refractivity contribution in [3.05, 3.63) is 45.6 Å². The van der Waals surface area contributed by atoms with Gasteiger partial charge < -0.3 is 0 Å². The van der Waals surface area contributed by atoms with Crippen molar-refractivity contribution in [2.75, 3.05) is 0 Å². The number of Topliss-reactive ketones (excluding diaryl/α,β-unsaturated/α-hetero) is 1. The number of aromatic nitrogens is 1. The summed E-state index contributed by atoms with van der Waals surface area (Å²) in [5.74, 6) is 0.183. The standard InChI is InChI=1S/C16H16N2O3/c1-10(19)13-9-14(18(20)21)16-12(7-4-8-17-16)15(13)11-5-2-3-6-11/h4,7-9,11H,2-3,5-6H2,1H3. The SMILES string of the molecule is CC(=O)c1cc([N+](=O)[O-])c2ncccc2c1C1CCCC1. The van der Waals surface area contributed by atoms with E-state index in [1.807, 2.05) is 6.07 Å². The predicted octanol–water partition coefficient (Wildman–Crippen LogP) is 4.00. The zero-order valence-corrected chi connectivity index (χ0v) is 11.8. The first-order valence-electron chi connectivity index (χ1n) is 7.16. The average Bonchev–Trinajstić information content (AvgIpc) is 2.98. The Labute approximate surface area is 122 Å². The molecule has 0 unspecified atom stereocenters. The van der Waals surface area contributed by atoms with Crippen LogP contribution >= 0.6 is 0 Å². The minimum atomic E-state index is -0.458. The second-order valence-electron chi connectivity index (χ2n) is 5.55. The number of carbonyl (C=O) groups is 1. The van der Waals surface area contributed by atoms with Gasteiger partial charge in [0.25, 0.3) is 5.69 Å². The lowest BCUT2D eigenvalue weighted by molar-refractivity contribution is -0.383. The lowest BCUT2D eigenvalue weighted by Crippen LogP contribution is -2.07. The van der Waals surface area contributed by atoms with Crippen LogP contribution in [0.4, 0.5) is 5.69 Å². The van der Waals surface area contributed by atoms with E-state index in [9.17, 15) is 14.9 Å². The second-order valence-corrected chi connectivity index (χ2v) is 5.55. The van der Waals surface area contributed by atoms with Gasteiger partial charge in [-0.2, -0.15) is 0 Å². The molecule has 0 atom stereocenters. The molecule has 1 heterocycles. The van der Waals surface area contributed by atoms with Crippen LogP contribution in [0.5, 0.6) is 0 Å². The van der Waals surface area contributed by atoms with Crippen molar-refractivity contribution in [3.8, 4) is 0 Å². The number of carbonyl (C=O) groups excluding carboxylic acids is 1. The van der Waals surface area contributed by atoms with Crippen molar-refractivity contribution in [1.29, 1.82) is 0 Å². The van der Waals surface area contributed by atoms with Crippen LogP contribution in [0.15, 0.2) is 24.4 Å². The first-order chi connectivity index (χ1) is 10.1. The number of rotatable bonds is 3. The Morgan fingerprint density at radius 1 is 1.38 bits per heavy atom. The molecule has 3 rings (SSSR count). The van der Waals surface area contributed by atoms with Crippen molar-refractivity contribution < 1.29 is 9.72 Å². The molecule has 1 aromatic carbocycles. The molecule has 0 bridgehead atoms. The van der Waals surface area contributed by atoms with Crippen molar-refractivity contribution in [3.63, 3.8) is 0 Å². The van der Waals surface area contributed by atoms with Gasteiger partial charge in [0.1, 0.15) is 5.52 Å². The molecule has 5 heteroatoms. The highest BCUT2D eigenvalue weighted by atomic mass is 16.6. The van der Waals surface area contributed by atoms with Crippen LogP contribution in [0, 0.1) is 10.1 Å². The molecular weight excluding hydrogens is 268 g/mol. The second kappa shape index (κ2) is 5.24. The van der Waals surface area contributed by atoms with Crippen molar-refractivity contribution >= 4 is 22.4 Å². The summed E-state index contributed by atoms with van der Waals surface area (Å²) in [7, 11) is 0. The molecule has 1 aliphatic carbocycles. The predicted molar refractivity (Wildman–Crippen MR) is 79.6 cm³/mol. The molecule has 0 aliphatic heterocycles. The zero-order valence-electron chi connectivity index (χ0n) is 11.8. The van der Waals surface area contributed by atoms with E-state index < -0.39 is 4.92 Å². The van der Waals surface area contributed by atoms with Gasteiger partial charge in [-0.25, -0.2) is 4.98 Å². The Morgan fingerprint density at radius 3 is 2.71 bits per heavy atom. The van der Waals surface area contributed by atoms with Gasteiger partial charge in [-0.15, -0.1) is 0 Å². The van der Waals surface area contributed by atoms with Crippen LogP contribution in [-0.2, 0) is 0 Å². The van der Waals surface area contributed by atoms with Crippen molar-refractivity contribution in [2.24, 2.45) is 0 Å². The number of ketones is 1. The fraction of sp³-hybridized carbons (Fsp3) is 0.375. The molecule has 0 radical (unpaired) electrons. The fourth-order valence-corrected chi connectivity index (χ4v) is 3.34. The molecule has 0 saturated heterocycles. The summed E-state index contributed by atoms with van der Waals surface area (Å²) in [6.07, 6.45) is 5.90. The number of non-ortho nitro benzene ring substituents is 1. The summed E-state index contributed by atoms with van der Waals surface area (Å²) >= 11 is 0. The number of nitrogens with zero attached hydrogens (tertiary/aromatic N) is 2. The summed E-state index contributed by atoms with van der Waals surface area (Å²) in [4.78, 5) is 27.0. The van der Waals surface area contributed by atoms with Gasteiger partial charge in [0.2, 0.25) is 0 Å². The molecule has 108 valence electrons. The minimum absolute atomic E-state index is 0.0856. The molecule has 0 amide bonds. The Bertz CT molecular complexity index is 734. The number of pyridine rings is 1. The topological polar surface area (TPSA) is 73.1 Å². The average molecular weight is 284 g/mol. The van der Waals surface area contributed by atoms with Gasteiger partial charge in [0, 0.05) is 23.2 Å². The highest BCUT2D eigenvalue weighted by Gasteiger charge is 2.28. The summed E-state index contributed by atoms with van der Waals surface area (Å²) in [6.45, 7) is 1.47. The van der Waals surface area contributed by atoms with Crippen LogP contribution in [0.1, 0.15) is 54.4 Å². The number of hydrogen-bond acceptors (Lipinski definition) is 4. The van der Waals surface area contributed by atoms with Gasteiger partial charge in [-0.1, -0.05) is 18.9 Å². The van der Waals surface area contributed by atoms with E-state index in [0.717, 1.165) is 36.6 Å². The number of hydrogen-bond donors (Lipinski definition) is 0. The molecule has 5 nitrogen and oxygen atoms in total. The van der Waals surface area contributed by atoms with E-state index >= 15 is 0 Å². The van der Waals surface area contributed by atoms with Crippen LogP contribution in [0.25, 0.3) is 10.9 Å². The normalized spacial score (nSPS) is 15.5. The van der Waals surface area contributed by atoms with Gasteiger partial charge in [0.15, 0.2) is 5.78 Å². The van der Waals surface area contributed by atoms with E-state index in [2.05, 4.69) is 4.98 Å². The van der Waals surface area contributed by atoms with Crippen molar-refractivity contribution in [2.45, 2.75) is 38.5 Å². The van der Waals surface area contributed by atoms with Gasteiger partial charge in [-0.05, 0) is 37.3 Å². The lowest BCUT2D eigenvalue weighted by Gasteiger charge is -2.16. The van der Waals surface area contributed by atoms with Gasteiger partial charge in [-0.3, -0.25) is 14.9 Å². The van der Waals surface area contributed by atoms with Crippen LogP contribution in [0.3, 0.4) is 0 Å². The molecule has 0 N–H and O–H groups in total. The number of nitro groups is 1. The van der Waals surface area contributed by atoms with Gasteiger partial charge in [0.05, 0.1) is 4.92 Å². The maximum absolute atomic E-state index is 12.0. The summed E-state index contributed by atoms with van der Waals surface area (Å²) in [6, 6.07) is 5.02. The van der Waals surface area contributed by atoms with E-state index in [0.29, 0.717) is 17.0 Å². The number of fused-ring (bicyclic) bond motifs is 1. The molecular formula is C16H16N2O3. The molecule has 1 aliphatic rings. The first-order valence-corrected chi connectivity index (χ1v) is 7.16. The summed E-state index contributed by atoms with van der Waals surface area (Å²) in [5, 5.41) is 12.0. The van der Waals surface area contributed by atoms with E-state index in [1.54, 1.807) is 12.3 Å².